The highest BCUT2D eigenvalue weighted by Crippen LogP contribution is 2.29. The smallest absolute Gasteiger partial charge is 0.143 e. The van der Waals surface area contributed by atoms with Crippen LogP contribution < -0.4 is 0 Å². The number of rotatable bonds is 6. The average Bonchev–Trinajstić information content (AvgIpc) is 2.95. The normalized spacial score (nSPS) is 16.5. The van der Waals surface area contributed by atoms with Gasteiger partial charge in [-0.25, -0.2) is 0 Å². The Morgan fingerprint density at radius 2 is 2.29 bits per heavy atom. The van der Waals surface area contributed by atoms with E-state index in [1.807, 2.05) is 29.6 Å². The van der Waals surface area contributed by atoms with Crippen LogP contribution in [0.25, 0.3) is 0 Å². The van der Waals surface area contributed by atoms with Gasteiger partial charge >= 0.3 is 0 Å². The predicted molar refractivity (Wildman–Crippen MR) is 71.3 cm³/mol. The van der Waals surface area contributed by atoms with E-state index < -0.39 is 0 Å². The van der Waals surface area contributed by atoms with E-state index in [4.69, 9.17) is 0 Å². The highest BCUT2D eigenvalue weighted by atomic mass is 32.2. The molecule has 0 aliphatic heterocycles. The minimum absolute atomic E-state index is 0.378. The summed E-state index contributed by atoms with van der Waals surface area (Å²) in [6.45, 7) is 0. The highest BCUT2D eigenvalue weighted by molar-refractivity contribution is 8.00. The molecule has 3 nitrogen and oxygen atoms in total. The van der Waals surface area contributed by atoms with Crippen LogP contribution in [0.3, 0.4) is 0 Å². The van der Waals surface area contributed by atoms with E-state index in [2.05, 4.69) is 5.10 Å². The Kier molecular flexibility index (Phi) is 4.66. The topological polar surface area (TPSA) is 34.9 Å². The van der Waals surface area contributed by atoms with Crippen LogP contribution in [0.4, 0.5) is 0 Å². The minimum Gasteiger partial charge on any atom is -0.299 e. The number of thioether (sulfide) groups is 1. The molecule has 0 unspecified atom stereocenters. The summed E-state index contributed by atoms with van der Waals surface area (Å²) < 4.78 is 1.84. The van der Waals surface area contributed by atoms with Crippen LogP contribution in [0.1, 0.15) is 37.8 Å². The van der Waals surface area contributed by atoms with E-state index in [1.165, 1.54) is 25.7 Å². The van der Waals surface area contributed by atoms with E-state index >= 15 is 0 Å². The molecule has 94 valence electrons. The second-order valence-electron chi connectivity index (χ2n) is 4.70. The number of aryl methyl sites for hydroxylation is 2. The summed E-state index contributed by atoms with van der Waals surface area (Å²) in [6, 6.07) is 1.98. The Morgan fingerprint density at radius 1 is 1.53 bits per heavy atom. The lowest BCUT2D eigenvalue weighted by atomic mass is 10.2. The zero-order chi connectivity index (χ0) is 12.1. The molecule has 0 aromatic carbocycles. The van der Waals surface area contributed by atoms with Crippen molar-refractivity contribution in [1.82, 2.24) is 9.78 Å². The standard InChI is InChI=1S/C13H20N2OS/c1-15-11(8-9-14-15)6-7-12(16)10-17-13-4-2-3-5-13/h8-9,13H,2-7,10H2,1H3. The summed E-state index contributed by atoms with van der Waals surface area (Å²) in [5.74, 6) is 1.07. The third-order valence-corrected chi connectivity index (χ3v) is 4.80. The number of hydrogen-bond donors (Lipinski definition) is 0. The molecule has 0 bridgehead atoms. The van der Waals surface area contributed by atoms with Gasteiger partial charge in [-0.1, -0.05) is 12.8 Å². The summed E-state index contributed by atoms with van der Waals surface area (Å²) in [6.07, 6.45) is 8.56. The van der Waals surface area contributed by atoms with Gasteiger partial charge in [-0.15, -0.1) is 0 Å². The molecule has 0 amide bonds. The third kappa shape index (κ3) is 3.87. The van der Waals surface area contributed by atoms with Crippen molar-refractivity contribution in [2.24, 2.45) is 7.05 Å². The lowest BCUT2D eigenvalue weighted by Crippen LogP contribution is -2.08. The number of aromatic nitrogens is 2. The van der Waals surface area contributed by atoms with Gasteiger partial charge in [-0.2, -0.15) is 16.9 Å². The Balaban J connectivity index is 1.65. The van der Waals surface area contributed by atoms with Crippen LogP contribution in [0.5, 0.6) is 0 Å². The predicted octanol–water partition coefficient (Wildman–Crippen LogP) is 2.60. The van der Waals surface area contributed by atoms with E-state index in [1.54, 1.807) is 6.20 Å². The van der Waals surface area contributed by atoms with E-state index in [0.717, 1.165) is 17.4 Å². The Bertz CT molecular complexity index is 369. The van der Waals surface area contributed by atoms with Crippen LogP contribution in [-0.2, 0) is 18.3 Å². The Labute approximate surface area is 107 Å². The molecule has 1 aromatic rings. The van der Waals surface area contributed by atoms with Crippen molar-refractivity contribution in [2.75, 3.05) is 5.75 Å². The lowest BCUT2D eigenvalue weighted by molar-refractivity contribution is -0.116. The Hall–Kier alpha value is -0.770. The van der Waals surface area contributed by atoms with Gasteiger partial charge in [0.15, 0.2) is 0 Å². The molecule has 1 heterocycles. The van der Waals surface area contributed by atoms with Crippen LogP contribution in [0.2, 0.25) is 0 Å². The lowest BCUT2D eigenvalue weighted by Gasteiger charge is -2.07. The average molecular weight is 252 g/mol. The largest absolute Gasteiger partial charge is 0.299 e. The van der Waals surface area contributed by atoms with Crippen molar-refractivity contribution in [3.05, 3.63) is 18.0 Å². The summed E-state index contributed by atoms with van der Waals surface area (Å²) in [4.78, 5) is 11.8. The first-order valence-electron chi connectivity index (χ1n) is 6.36. The van der Waals surface area contributed by atoms with E-state index in [9.17, 15) is 4.79 Å². The van der Waals surface area contributed by atoms with Crippen LogP contribution in [-0.4, -0.2) is 26.6 Å². The van der Waals surface area contributed by atoms with Gasteiger partial charge in [0.05, 0.1) is 5.75 Å². The van der Waals surface area contributed by atoms with Gasteiger partial charge in [0.25, 0.3) is 0 Å². The van der Waals surface area contributed by atoms with Gasteiger partial charge < -0.3 is 0 Å². The van der Waals surface area contributed by atoms with Gasteiger partial charge in [0, 0.05) is 30.6 Å². The molecule has 17 heavy (non-hydrogen) atoms. The molecule has 1 fully saturated rings. The van der Waals surface area contributed by atoms with Gasteiger partial charge in [0.2, 0.25) is 0 Å². The van der Waals surface area contributed by atoms with E-state index in [0.29, 0.717) is 18.0 Å². The molecule has 1 aliphatic rings. The van der Waals surface area contributed by atoms with Crippen molar-refractivity contribution in [1.29, 1.82) is 0 Å². The molecule has 2 rings (SSSR count). The highest BCUT2D eigenvalue weighted by Gasteiger charge is 2.16. The fourth-order valence-electron chi connectivity index (χ4n) is 2.25. The molecule has 0 atom stereocenters. The number of hydrogen-bond acceptors (Lipinski definition) is 3. The molecule has 0 N–H and O–H groups in total. The van der Waals surface area contributed by atoms with Crippen LogP contribution >= 0.6 is 11.8 Å². The van der Waals surface area contributed by atoms with Crippen molar-refractivity contribution in [3.8, 4) is 0 Å². The maximum absolute atomic E-state index is 11.8. The molecule has 1 aliphatic carbocycles. The fourth-order valence-corrected chi connectivity index (χ4v) is 3.48. The number of Topliss-reactive ketones (excluding diaryl/α,β-unsaturated/α-hetero) is 1. The fraction of sp³-hybridized carbons (Fsp3) is 0.692. The maximum Gasteiger partial charge on any atom is 0.143 e. The summed E-state index contributed by atoms with van der Waals surface area (Å²) >= 11 is 1.86. The molecule has 0 saturated heterocycles. The summed E-state index contributed by atoms with van der Waals surface area (Å²) in [7, 11) is 1.92. The van der Waals surface area contributed by atoms with Crippen molar-refractivity contribution in [2.45, 2.75) is 43.8 Å². The second-order valence-corrected chi connectivity index (χ2v) is 5.99. The van der Waals surface area contributed by atoms with Crippen molar-refractivity contribution < 1.29 is 4.79 Å². The van der Waals surface area contributed by atoms with Gasteiger partial charge in [-0.05, 0) is 25.3 Å². The molecule has 1 aromatic heterocycles. The van der Waals surface area contributed by atoms with Crippen LogP contribution in [0.15, 0.2) is 12.3 Å². The summed E-state index contributed by atoms with van der Waals surface area (Å²) in [5, 5.41) is 4.85. The molecule has 4 heteroatoms. The zero-order valence-corrected chi connectivity index (χ0v) is 11.2. The molecular formula is C13H20N2OS. The second kappa shape index (κ2) is 6.24. The maximum atomic E-state index is 11.8. The number of nitrogens with zero attached hydrogens (tertiary/aromatic N) is 2. The van der Waals surface area contributed by atoms with Gasteiger partial charge in [-0.3, -0.25) is 9.48 Å². The van der Waals surface area contributed by atoms with Crippen molar-refractivity contribution in [3.63, 3.8) is 0 Å². The first-order valence-corrected chi connectivity index (χ1v) is 7.41. The quantitative estimate of drug-likeness (QED) is 0.780. The number of carbonyl (C=O) groups excluding carboxylic acids is 1. The molecule has 0 spiro atoms. The molecular weight excluding hydrogens is 232 g/mol. The Morgan fingerprint density at radius 3 is 2.94 bits per heavy atom. The first-order chi connectivity index (χ1) is 8.25. The minimum atomic E-state index is 0.378. The van der Waals surface area contributed by atoms with E-state index in [-0.39, 0.29) is 0 Å². The first kappa shape index (κ1) is 12.7. The molecule has 1 saturated carbocycles. The third-order valence-electron chi connectivity index (χ3n) is 3.36. The molecule has 0 radical (unpaired) electrons. The zero-order valence-electron chi connectivity index (χ0n) is 10.4. The number of ketones is 1. The van der Waals surface area contributed by atoms with Crippen molar-refractivity contribution >= 4 is 17.5 Å². The summed E-state index contributed by atoms with van der Waals surface area (Å²) in [5.41, 5.74) is 1.14. The van der Waals surface area contributed by atoms with Gasteiger partial charge in [0.1, 0.15) is 5.78 Å². The number of carbonyl (C=O) groups is 1. The monoisotopic (exact) mass is 252 g/mol. The SMILES string of the molecule is Cn1nccc1CCC(=O)CSC1CCCC1. The van der Waals surface area contributed by atoms with Crippen LogP contribution in [0, 0.1) is 0 Å².